The average molecular weight is 276 g/mol. The first-order valence-electron chi connectivity index (χ1n) is 3.40. The molecular weight excluding hydrogens is 268 g/mol. The van der Waals surface area contributed by atoms with Gasteiger partial charge in [-0.25, -0.2) is 0 Å². The third kappa shape index (κ3) is 2.65. The molecule has 0 amide bonds. The lowest BCUT2D eigenvalue weighted by molar-refractivity contribution is -0.0949. The first kappa shape index (κ1) is 9.35. The smallest absolute Gasteiger partial charge is 0.166 e. The van der Waals surface area contributed by atoms with Crippen molar-refractivity contribution in [1.82, 2.24) is 0 Å². The molecule has 1 unspecified atom stereocenters. The molecule has 0 heterocycles. The van der Waals surface area contributed by atoms with Gasteiger partial charge in [0.1, 0.15) is 0 Å². The van der Waals surface area contributed by atoms with Crippen LogP contribution in [0.15, 0.2) is 11.6 Å². The summed E-state index contributed by atoms with van der Waals surface area (Å²) >= 11 is 2.18. The highest BCUT2D eigenvalue weighted by Crippen LogP contribution is 2.34. The van der Waals surface area contributed by atoms with Gasteiger partial charge in [0.25, 0.3) is 0 Å². The second-order valence-electron chi connectivity index (χ2n) is 2.60. The van der Waals surface area contributed by atoms with Crippen molar-refractivity contribution in [2.75, 3.05) is 0 Å². The summed E-state index contributed by atoms with van der Waals surface area (Å²) in [5.41, 5.74) is -0.342. The van der Waals surface area contributed by atoms with E-state index in [2.05, 4.69) is 22.6 Å². The quantitative estimate of drug-likeness (QED) is 0.361. The largest absolute Gasteiger partial charge is 0.412 e. The molecule has 1 aliphatic carbocycles. The highest BCUT2D eigenvalue weighted by molar-refractivity contribution is 14.1. The van der Waals surface area contributed by atoms with E-state index in [-0.39, 0.29) is 12.0 Å². The summed E-state index contributed by atoms with van der Waals surface area (Å²) in [4.78, 5) is 0. The number of alkyl halides is 4. The summed E-state index contributed by atoms with van der Waals surface area (Å²) < 4.78 is 36.4. The van der Waals surface area contributed by atoms with Gasteiger partial charge in [-0.2, -0.15) is 13.2 Å². The SMILES string of the molecule is FC(F)(F)C1=CCC(I)CC1. The van der Waals surface area contributed by atoms with E-state index < -0.39 is 6.18 Å². The lowest BCUT2D eigenvalue weighted by atomic mass is 9.99. The second kappa shape index (κ2) is 3.33. The zero-order valence-corrected chi connectivity index (χ0v) is 7.95. The predicted octanol–water partition coefficient (Wildman–Crippen LogP) is 3.46. The summed E-state index contributed by atoms with van der Waals surface area (Å²) in [6.07, 6.45) is -1.35. The highest BCUT2D eigenvalue weighted by Gasteiger charge is 2.34. The molecule has 0 aromatic heterocycles. The van der Waals surface area contributed by atoms with Crippen LogP contribution in [0.3, 0.4) is 0 Å². The molecule has 0 nitrogen and oxygen atoms in total. The van der Waals surface area contributed by atoms with E-state index in [0.717, 1.165) is 0 Å². The molecule has 0 fully saturated rings. The van der Waals surface area contributed by atoms with Crippen LogP contribution < -0.4 is 0 Å². The molecule has 0 N–H and O–H groups in total. The van der Waals surface area contributed by atoms with E-state index in [1.54, 1.807) is 0 Å². The molecule has 0 spiro atoms. The minimum absolute atomic E-state index is 0.192. The number of allylic oxidation sites excluding steroid dienone is 2. The maximum Gasteiger partial charge on any atom is 0.412 e. The normalized spacial score (nSPS) is 26.5. The third-order valence-corrected chi connectivity index (χ3v) is 2.84. The van der Waals surface area contributed by atoms with Gasteiger partial charge in [-0.15, -0.1) is 0 Å². The van der Waals surface area contributed by atoms with Crippen LogP contribution >= 0.6 is 22.6 Å². The molecule has 0 saturated heterocycles. The maximum absolute atomic E-state index is 12.0. The fraction of sp³-hybridized carbons (Fsp3) is 0.714. The van der Waals surface area contributed by atoms with Crippen LogP contribution in [0.1, 0.15) is 19.3 Å². The molecule has 0 radical (unpaired) electrons. The van der Waals surface area contributed by atoms with E-state index in [4.69, 9.17) is 0 Å². The Balaban J connectivity index is 2.62. The van der Waals surface area contributed by atoms with Gasteiger partial charge in [-0.1, -0.05) is 28.7 Å². The molecule has 1 rings (SSSR count). The van der Waals surface area contributed by atoms with Crippen molar-refractivity contribution in [3.63, 3.8) is 0 Å². The van der Waals surface area contributed by atoms with Gasteiger partial charge in [-0.3, -0.25) is 0 Å². The lowest BCUT2D eigenvalue weighted by Gasteiger charge is -2.18. The van der Waals surface area contributed by atoms with E-state index in [9.17, 15) is 13.2 Å². The van der Waals surface area contributed by atoms with Crippen molar-refractivity contribution in [1.29, 1.82) is 0 Å². The molecule has 1 aliphatic rings. The van der Waals surface area contributed by atoms with Crippen LogP contribution in [0.5, 0.6) is 0 Å². The van der Waals surface area contributed by atoms with Crippen LogP contribution in [0.2, 0.25) is 0 Å². The van der Waals surface area contributed by atoms with Gasteiger partial charge in [-0.05, 0) is 19.3 Å². The Hall–Kier alpha value is 0.260. The summed E-state index contributed by atoms with van der Waals surface area (Å²) in [5, 5.41) is 0. The molecule has 1 atom stereocenters. The molecule has 4 heteroatoms. The van der Waals surface area contributed by atoms with Crippen LogP contribution in [0.25, 0.3) is 0 Å². The molecule has 0 aromatic rings. The molecule has 11 heavy (non-hydrogen) atoms. The van der Waals surface area contributed by atoms with Gasteiger partial charge in [0.15, 0.2) is 0 Å². The number of rotatable bonds is 0. The van der Waals surface area contributed by atoms with Crippen molar-refractivity contribution in [2.24, 2.45) is 0 Å². The van der Waals surface area contributed by atoms with E-state index in [1.807, 2.05) is 0 Å². The van der Waals surface area contributed by atoms with E-state index in [0.29, 0.717) is 16.8 Å². The van der Waals surface area contributed by atoms with Gasteiger partial charge >= 0.3 is 6.18 Å². The van der Waals surface area contributed by atoms with Gasteiger partial charge in [0.05, 0.1) is 0 Å². The van der Waals surface area contributed by atoms with Crippen LogP contribution in [-0.4, -0.2) is 10.1 Å². The Morgan fingerprint density at radius 2 is 2.09 bits per heavy atom. The van der Waals surface area contributed by atoms with Gasteiger partial charge < -0.3 is 0 Å². The minimum atomic E-state index is -4.09. The predicted molar refractivity (Wildman–Crippen MR) is 45.8 cm³/mol. The zero-order valence-electron chi connectivity index (χ0n) is 5.79. The van der Waals surface area contributed by atoms with Crippen molar-refractivity contribution in [3.8, 4) is 0 Å². The van der Waals surface area contributed by atoms with Gasteiger partial charge in [0, 0.05) is 9.50 Å². The second-order valence-corrected chi connectivity index (χ2v) is 4.36. The Kier molecular flexibility index (Phi) is 2.83. The minimum Gasteiger partial charge on any atom is -0.166 e. The summed E-state index contributed by atoms with van der Waals surface area (Å²) in [6, 6.07) is 0. The fourth-order valence-electron chi connectivity index (χ4n) is 1.06. The van der Waals surface area contributed by atoms with Crippen LogP contribution in [-0.2, 0) is 0 Å². The Bertz CT molecular complexity index is 171. The molecule has 0 bridgehead atoms. The number of halogens is 4. The van der Waals surface area contributed by atoms with Crippen LogP contribution in [0, 0.1) is 0 Å². The van der Waals surface area contributed by atoms with E-state index >= 15 is 0 Å². The lowest BCUT2D eigenvalue weighted by Crippen LogP contribution is -2.16. The summed E-state index contributed by atoms with van der Waals surface area (Å²) in [5.74, 6) is 0. The monoisotopic (exact) mass is 276 g/mol. The summed E-state index contributed by atoms with van der Waals surface area (Å²) in [7, 11) is 0. The molecule has 0 saturated carbocycles. The zero-order chi connectivity index (χ0) is 8.48. The standard InChI is InChI=1S/C7H8F3I/c8-7(9,10)5-1-3-6(11)4-2-5/h1,6H,2-4H2. The molecular formula is C7H8F3I. The van der Waals surface area contributed by atoms with Crippen molar-refractivity contribution >= 4 is 22.6 Å². The van der Waals surface area contributed by atoms with Crippen molar-refractivity contribution < 1.29 is 13.2 Å². The fourth-order valence-corrected chi connectivity index (χ4v) is 1.63. The van der Waals surface area contributed by atoms with Crippen molar-refractivity contribution in [2.45, 2.75) is 29.4 Å². The molecule has 0 aromatic carbocycles. The van der Waals surface area contributed by atoms with Gasteiger partial charge in [0.2, 0.25) is 0 Å². The number of hydrogen-bond donors (Lipinski definition) is 0. The Morgan fingerprint density at radius 3 is 2.45 bits per heavy atom. The maximum atomic E-state index is 12.0. The highest BCUT2D eigenvalue weighted by atomic mass is 127. The Morgan fingerprint density at radius 1 is 1.45 bits per heavy atom. The Labute approximate surface area is 77.0 Å². The van der Waals surface area contributed by atoms with Crippen molar-refractivity contribution in [3.05, 3.63) is 11.6 Å². The first-order chi connectivity index (χ1) is 5.00. The van der Waals surface area contributed by atoms with E-state index in [1.165, 1.54) is 6.08 Å². The topological polar surface area (TPSA) is 0 Å². The molecule has 0 aliphatic heterocycles. The third-order valence-electron chi connectivity index (χ3n) is 1.71. The number of hydrogen-bond acceptors (Lipinski definition) is 0. The first-order valence-corrected chi connectivity index (χ1v) is 4.65. The average Bonchev–Trinajstić information content (AvgIpc) is 1.86. The van der Waals surface area contributed by atoms with Crippen LogP contribution in [0.4, 0.5) is 13.2 Å². The molecule has 64 valence electrons. The summed E-state index contributed by atoms with van der Waals surface area (Å²) in [6.45, 7) is 0.